The van der Waals surface area contributed by atoms with E-state index in [-0.39, 0.29) is 35.2 Å². The summed E-state index contributed by atoms with van der Waals surface area (Å²) in [6.45, 7) is 5.67. The summed E-state index contributed by atoms with van der Waals surface area (Å²) in [5.74, 6) is -2.24. The maximum Gasteiger partial charge on any atom is 0.275 e. The first-order valence-corrected chi connectivity index (χ1v) is 9.70. The van der Waals surface area contributed by atoms with Crippen molar-refractivity contribution < 1.29 is 19.1 Å². The molecule has 0 radical (unpaired) electrons. The van der Waals surface area contributed by atoms with Gasteiger partial charge in [0.15, 0.2) is 11.4 Å². The highest BCUT2D eigenvalue weighted by molar-refractivity contribution is 5.99. The second-order valence-electron chi connectivity index (χ2n) is 8.52. The number of benzene rings is 1. The summed E-state index contributed by atoms with van der Waals surface area (Å²) in [7, 11) is 0. The minimum atomic E-state index is -0.895. The quantitative estimate of drug-likeness (QED) is 0.696. The Hall–Kier alpha value is -3.20. The van der Waals surface area contributed by atoms with Crippen molar-refractivity contribution >= 4 is 11.8 Å². The molecule has 1 atom stereocenters. The molecule has 3 N–H and O–H groups in total. The van der Waals surface area contributed by atoms with Gasteiger partial charge in [-0.15, -0.1) is 0 Å². The van der Waals surface area contributed by atoms with Crippen molar-refractivity contribution in [2.75, 3.05) is 13.1 Å². The number of halogens is 1. The second-order valence-corrected chi connectivity index (χ2v) is 8.52. The van der Waals surface area contributed by atoms with Crippen molar-refractivity contribution in [1.29, 1.82) is 0 Å². The van der Waals surface area contributed by atoms with Gasteiger partial charge in [-0.05, 0) is 23.1 Å². The maximum atomic E-state index is 13.0. The third kappa shape index (κ3) is 3.56. The highest BCUT2D eigenvalue weighted by Crippen LogP contribution is 2.29. The monoisotopic (exact) mass is 414 g/mol. The first-order valence-electron chi connectivity index (χ1n) is 9.70. The molecule has 2 aromatic rings. The molecule has 0 saturated carbocycles. The Bertz CT molecular complexity index is 1080. The molecular formula is C21H23FN4O4. The van der Waals surface area contributed by atoms with Gasteiger partial charge < -0.3 is 19.9 Å². The van der Waals surface area contributed by atoms with Crippen LogP contribution in [0.3, 0.4) is 0 Å². The number of rotatable bonds is 3. The largest absolute Gasteiger partial charge is 0.503 e. The summed E-state index contributed by atoms with van der Waals surface area (Å²) in [6, 6.07) is 5.60. The first-order chi connectivity index (χ1) is 14.2. The van der Waals surface area contributed by atoms with Gasteiger partial charge in [0, 0.05) is 25.8 Å². The number of amides is 2. The highest BCUT2D eigenvalue weighted by atomic mass is 19.1. The van der Waals surface area contributed by atoms with Crippen LogP contribution in [0.1, 0.15) is 40.3 Å². The Balaban J connectivity index is 1.61. The van der Waals surface area contributed by atoms with Gasteiger partial charge in [-0.3, -0.25) is 19.7 Å². The molecule has 1 aromatic heterocycles. The van der Waals surface area contributed by atoms with E-state index in [1.807, 2.05) is 13.8 Å². The van der Waals surface area contributed by atoms with E-state index < -0.39 is 23.0 Å². The van der Waals surface area contributed by atoms with Crippen molar-refractivity contribution in [2.45, 2.75) is 33.1 Å². The van der Waals surface area contributed by atoms with Crippen LogP contribution < -0.4 is 16.1 Å². The molecule has 1 aromatic carbocycles. The van der Waals surface area contributed by atoms with Crippen molar-refractivity contribution in [2.24, 2.45) is 5.41 Å². The summed E-state index contributed by atoms with van der Waals surface area (Å²) in [6.07, 6.45) is 1.03. The van der Waals surface area contributed by atoms with Crippen LogP contribution in [0.15, 0.2) is 35.3 Å². The van der Waals surface area contributed by atoms with E-state index in [0.717, 1.165) is 0 Å². The van der Waals surface area contributed by atoms with Crippen molar-refractivity contribution in [3.63, 3.8) is 0 Å². The summed E-state index contributed by atoms with van der Waals surface area (Å²) >= 11 is 0. The SMILES string of the molecule is CC1(C)CNC2Cn3cc(C(=O)NCc4ccc(F)cc4)c(=O)c(O)c3C(=O)N2C1. The number of carbonyl (C=O) groups excluding carboxylic acids is 2. The third-order valence-electron chi connectivity index (χ3n) is 5.49. The van der Waals surface area contributed by atoms with E-state index in [1.54, 1.807) is 4.90 Å². The predicted molar refractivity (Wildman–Crippen MR) is 107 cm³/mol. The molecule has 1 saturated heterocycles. The average Bonchev–Trinajstić information content (AvgIpc) is 2.70. The van der Waals surface area contributed by atoms with Crippen LogP contribution in [-0.4, -0.2) is 45.6 Å². The fraction of sp³-hybridized carbons (Fsp3) is 0.381. The van der Waals surface area contributed by atoms with Gasteiger partial charge in [-0.2, -0.15) is 0 Å². The topological polar surface area (TPSA) is 104 Å². The standard InChI is InChI=1S/C21H23FN4O4/c1-21(2)10-24-15-9-25-8-14(17(27)18(28)16(25)20(30)26(15)11-21)19(29)23-7-12-3-5-13(22)6-4-12/h3-6,8,15,24,28H,7,9-11H2,1-2H3,(H,23,29). The molecule has 2 aliphatic heterocycles. The summed E-state index contributed by atoms with van der Waals surface area (Å²) in [5.41, 5.74) is -0.730. The van der Waals surface area contributed by atoms with Gasteiger partial charge in [-0.25, -0.2) is 4.39 Å². The number of pyridine rings is 1. The lowest BCUT2D eigenvalue weighted by atomic mass is 9.89. The maximum absolute atomic E-state index is 13.0. The normalized spacial score (nSPS) is 19.8. The van der Waals surface area contributed by atoms with E-state index in [9.17, 15) is 23.9 Å². The van der Waals surface area contributed by atoms with Crippen LogP contribution in [0, 0.1) is 11.2 Å². The lowest BCUT2D eigenvalue weighted by Crippen LogP contribution is -2.64. The Kier molecular flexibility index (Phi) is 4.85. The number of aromatic nitrogens is 1. The number of aromatic hydroxyl groups is 1. The zero-order chi connectivity index (χ0) is 21.6. The highest BCUT2D eigenvalue weighted by Gasteiger charge is 2.41. The van der Waals surface area contributed by atoms with Crippen LogP contribution in [0.2, 0.25) is 0 Å². The molecule has 2 aliphatic rings. The fourth-order valence-electron chi connectivity index (χ4n) is 3.89. The predicted octanol–water partition coefficient (Wildman–Crippen LogP) is 1.03. The molecule has 0 aliphatic carbocycles. The third-order valence-corrected chi connectivity index (χ3v) is 5.49. The van der Waals surface area contributed by atoms with Gasteiger partial charge >= 0.3 is 0 Å². The van der Waals surface area contributed by atoms with Crippen LogP contribution in [-0.2, 0) is 13.1 Å². The van der Waals surface area contributed by atoms with Crippen molar-refractivity contribution in [3.8, 4) is 5.75 Å². The van der Waals surface area contributed by atoms with Crippen LogP contribution in [0.4, 0.5) is 4.39 Å². The van der Waals surface area contributed by atoms with Crippen LogP contribution >= 0.6 is 0 Å². The average molecular weight is 414 g/mol. The molecule has 8 nitrogen and oxygen atoms in total. The number of hydrogen-bond acceptors (Lipinski definition) is 5. The Morgan fingerprint density at radius 2 is 2.00 bits per heavy atom. The van der Waals surface area contributed by atoms with E-state index in [0.29, 0.717) is 25.2 Å². The van der Waals surface area contributed by atoms with Gasteiger partial charge in [0.1, 0.15) is 17.5 Å². The Labute approximate surface area is 172 Å². The van der Waals surface area contributed by atoms with E-state index in [2.05, 4.69) is 10.6 Å². The smallest absolute Gasteiger partial charge is 0.275 e. The number of carbonyl (C=O) groups is 2. The van der Waals surface area contributed by atoms with Crippen molar-refractivity contribution in [1.82, 2.24) is 20.1 Å². The minimum Gasteiger partial charge on any atom is -0.503 e. The molecule has 4 rings (SSSR count). The summed E-state index contributed by atoms with van der Waals surface area (Å²) < 4.78 is 14.5. The second kappa shape index (κ2) is 7.24. The Morgan fingerprint density at radius 3 is 2.70 bits per heavy atom. The van der Waals surface area contributed by atoms with Gasteiger partial charge in [-0.1, -0.05) is 26.0 Å². The van der Waals surface area contributed by atoms with Crippen molar-refractivity contribution in [3.05, 3.63) is 63.3 Å². The molecule has 1 unspecified atom stereocenters. The lowest BCUT2D eigenvalue weighted by Gasteiger charge is -2.47. The van der Waals surface area contributed by atoms with E-state index >= 15 is 0 Å². The molecular weight excluding hydrogens is 391 g/mol. The van der Waals surface area contributed by atoms with E-state index in [4.69, 9.17) is 0 Å². The lowest BCUT2D eigenvalue weighted by molar-refractivity contribution is 0.0219. The van der Waals surface area contributed by atoms with Gasteiger partial charge in [0.05, 0.1) is 6.54 Å². The molecule has 30 heavy (non-hydrogen) atoms. The Morgan fingerprint density at radius 1 is 1.30 bits per heavy atom. The number of fused-ring (bicyclic) bond motifs is 2. The summed E-state index contributed by atoms with van der Waals surface area (Å²) in [4.78, 5) is 39.8. The number of nitrogens with one attached hydrogen (secondary N) is 2. The molecule has 9 heteroatoms. The zero-order valence-corrected chi connectivity index (χ0v) is 16.7. The zero-order valence-electron chi connectivity index (χ0n) is 16.7. The van der Waals surface area contributed by atoms with E-state index in [1.165, 1.54) is 35.0 Å². The van der Waals surface area contributed by atoms with Gasteiger partial charge in [0.2, 0.25) is 5.43 Å². The minimum absolute atomic E-state index is 0.0903. The number of hydrogen-bond donors (Lipinski definition) is 3. The van der Waals surface area contributed by atoms with Crippen LogP contribution in [0.25, 0.3) is 0 Å². The van der Waals surface area contributed by atoms with Gasteiger partial charge in [0.25, 0.3) is 11.8 Å². The molecule has 0 spiro atoms. The molecule has 0 bridgehead atoms. The van der Waals surface area contributed by atoms with Crippen LogP contribution in [0.5, 0.6) is 5.75 Å². The summed E-state index contributed by atoms with van der Waals surface area (Å²) in [5, 5.41) is 16.4. The number of nitrogens with zero attached hydrogens (tertiary/aromatic N) is 2. The fourth-order valence-corrected chi connectivity index (χ4v) is 3.89. The first kappa shape index (κ1) is 20.1. The molecule has 2 amide bonds. The molecule has 158 valence electrons. The molecule has 3 heterocycles. The molecule has 1 fully saturated rings.